The van der Waals surface area contributed by atoms with Crippen LogP contribution in [-0.2, 0) is 16.6 Å². The average Bonchev–Trinajstić information content (AvgIpc) is 2.48. The van der Waals surface area contributed by atoms with Crippen molar-refractivity contribution in [3.05, 3.63) is 59.7 Å². The van der Waals surface area contributed by atoms with Gasteiger partial charge in [0.1, 0.15) is 0 Å². The van der Waals surface area contributed by atoms with Crippen LogP contribution in [0.1, 0.15) is 18.1 Å². The lowest BCUT2D eigenvalue weighted by molar-refractivity contribution is 0.423. The number of sulfonamides is 1. The van der Waals surface area contributed by atoms with Crippen LogP contribution in [0.3, 0.4) is 0 Å². The molecule has 0 amide bonds. The third kappa shape index (κ3) is 3.43. The highest BCUT2D eigenvalue weighted by atomic mass is 32.2. The summed E-state index contributed by atoms with van der Waals surface area (Å²) in [5.74, 6) is 0. The van der Waals surface area contributed by atoms with E-state index in [0.29, 0.717) is 24.3 Å². The van der Waals surface area contributed by atoms with E-state index >= 15 is 0 Å². The SMILES string of the molecule is CCN(Cc1ccccc1)S(=O)(=O)c1cc(N)ccc1C. The Morgan fingerprint density at radius 3 is 2.38 bits per heavy atom. The first-order chi connectivity index (χ1) is 9.95. The molecule has 0 bridgehead atoms. The number of nitrogen functional groups attached to an aromatic ring is 1. The van der Waals surface area contributed by atoms with Crippen LogP contribution in [0.25, 0.3) is 0 Å². The minimum Gasteiger partial charge on any atom is -0.399 e. The summed E-state index contributed by atoms with van der Waals surface area (Å²) in [6.07, 6.45) is 0. The van der Waals surface area contributed by atoms with Gasteiger partial charge in [-0.3, -0.25) is 0 Å². The molecule has 0 unspecified atom stereocenters. The molecule has 5 heteroatoms. The van der Waals surface area contributed by atoms with E-state index in [1.807, 2.05) is 37.3 Å². The number of benzene rings is 2. The maximum atomic E-state index is 12.8. The summed E-state index contributed by atoms with van der Waals surface area (Å²) in [5, 5.41) is 0. The summed E-state index contributed by atoms with van der Waals surface area (Å²) in [4.78, 5) is 0.278. The molecule has 2 rings (SSSR count). The van der Waals surface area contributed by atoms with Gasteiger partial charge in [-0.1, -0.05) is 43.3 Å². The van der Waals surface area contributed by atoms with Crippen LogP contribution in [0, 0.1) is 6.92 Å². The molecule has 0 fully saturated rings. The standard InChI is InChI=1S/C16H20N2O2S/c1-3-18(12-14-7-5-4-6-8-14)21(19,20)16-11-15(17)10-9-13(16)2/h4-11H,3,12,17H2,1-2H3. The third-order valence-electron chi connectivity index (χ3n) is 3.38. The molecule has 112 valence electrons. The summed E-state index contributed by atoms with van der Waals surface area (Å²) >= 11 is 0. The average molecular weight is 304 g/mol. The molecule has 0 spiro atoms. The van der Waals surface area contributed by atoms with E-state index in [0.717, 1.165) is 5.56 Å². The van der Waals surface area contributed by atoms with Crippen LogP contribution in [0.5, 0.6) is 0 Å². The molecule has 0 heterocycles. The van der Waals surface area contributed by atoms with Crippen LogP contribution in [0.4, 0.5) is 5.69 Å². The first-order valence-corrected chi connectivity index (χ1v) is 8.29. The minimum absolute atomic E-state index is 0.278. The van der Waals surface area contributed by atoms with Crippen LogP contribution < -0.4 is 5.73 Å². The molecule has 0 aliphatic rings. The molecule has 0 aliphatic heterocycles. The van der Waals surface area contributed by atoms with Gasteiger partial charge >= 0.3 is 0 Å². The smallest absolute Gasteiger partial charge is 0.243 e. The molecule has 0 aromatic heterocycles. The number of hydrogen-bond donors (Lipinski definition) is 1. The van der Waals surface area contributed by atoms with Gasteiger partial charge in [-0.05, 0) is 30.2 Å². The number of anilines is 1. The van der Waals surface area contributed by atoms with Gasteiger partial charge in [-0.25, -0.2) is 8.42 Å². The zero-order valence-electron chi connectivity index (χ0n) is 12.3. The zero-order valence-corrected chi connectivity index (χ0v) is 13.1. The number of hydrogen-bond acceptors (Lipinski definition) is 3. The molecule has 2 aromatic carbocycles. The second kappa shape index (κ2) is 6.28. The van der Waals surface area contributed by atoms with Gasteiger partial charge in [-0.15, -0.1) is 0 Å². The Hall–Kier alpha value is -1.85. The Bertz CT molecular complexity index is 712. The van der Waals surface area contributed by atoms with Gasteiger partial charge in [0.25, 0.3) is 0 Å². The fourth-order valence-corrected chi connectivity index (χ4v) is 3.88. The Morgan fingerprint density at radius 1 is 1.10 bits per heavy atom. The Kier molecular flexibility index (Phi) is 4.65. The van der Waals surface area contributed by atoms with Gasteiger partial charge in [0.15, 0.2) is 0 Å². The summed E-state index contributed by atoms with van der Waals surface area (Å²) in [5.41, 5.74) is 7.86. The van der Waals surface area contributed by atoms with Gasteiger partial charge in [0, 0.05) is 18.8 Å². The van der Waals surface area contributed by atoms with E-state index in [2.05, 4.69) is 0 Å². The normalized spacial score (nSPS) is 11.8. The summed E-state index contributed by atoms with van der Waals surface area (Å²) in [7, 11) is -3.55. The van der Waals surface area contributed by atoms with Gasteiger partial charge in [0.2, 0.25) is 10.0 Å². The number of nitrogens with zero attached hydrogens (tertiary/aromatic N) is 1. The van der Waals surface area contributed by atoms with Crippen molar-refractivity contribution < 1.29 is 8.42 Å². The Morgan fingerprint density at radius 2 is 1.76 bits per heavy atom. The van der Waals surface area contributed by atoms with Gasteiger partial charge in [-0.2, -0.15) is 4.31 Å². The lowest BCUT2D eigenvalue weighted by Gasteiger charge is -2.22. The first-order valence-electron chi connectivity index (χ1n) is 6.85. The minimum atomic E-state index is -3.55. The van der Waals surface area contributed by atoms with Crippen molar-refractivity contribution in [2.75, 3.05) is 12.3 Å². The molecule has 2 N–H and O–H groups in total. The fourth-order valence-electron chi connectivity index (χ4n) is 2.19. The lowest BCUT2D eigenvalue weighted by atomic mass is 10.2. The van der Waals surface area contributed by atoms with Crippen molar-refractivity contribution in [3.8, 4) is 0 Å². The quantitative estimate of drug-likeness (QED) is 0.864. The van der Waals surface area contributed by atoms with E-state index in [1.54, 1.807) is 19.1 Å². The first kappa shape index (κ1) is 15.5. The summed E-state index contributed by atoms with van der Waals surface area (Å²) in [6.45, 7) is 4.38. The molecule has 0 atom stereocenters. The summed E-state index contributed by atoms with van der Waals surface area (Å²) < 4.78 is 27.1. The predicted octanol–water partition coefficient (Wildman–Crippen LogP) is 2.79. The van der Waals surface area contributed by atoms with Crippen molar-refractivity contribution in [2.45, 2.75) is 25.3 Å². The van der Waals surface area contributed by atoms with Gasteiger partial charge < -0.3 is 5.73 Å². The second-order valence-electron chi connectivity index (χ2n) is 4.94. The molecular weight excluding hydrogens is 284 g/mol. The molecule has 0 aliphatic carbocycles. The van der Waals surface area contributed by atoms with Crippen LogP contribution in [0.2, 0.25) is 0 Å². The van der Waals surface area contributed by atoms with Crippen molar-refractivity contribution in [3.63, 3.8) is 0 Å². The maximum absolute atomic E-state index is 12.8. The lowest BCUT2D eigenvalue weighted by Crippen LogP contribution is -2.31. The Labute approximate surface area is 126 Å². The van der Waals surface area contributed by atoms with Crippen LogP contribution in [-0.4, -0.2) is 19.3 Å². The van der Waals surface area contributed by atoms with Crippen molar-refractivity contribution in [2.24, 2.45) is 0 Å². The number of nitrogens with two attached hydrogens (primary N) is 1. The summed E-state index contributed by atoms with van der Waals surface area (Å²) in [6, 6.07) is 14.5. The molecule has 21 heavy (non-hydrogen) atoms. The molecule has 0 saturated carbocycles. The topological polar surface area (TPSA) is 63.4 Å². The highest BCUT2D eigenvalue weighted by Crippen LogP contribution is 2.23. The fraction of sp³-hybridized carbons (Fsp3) is 0.250. The van der Waals surface area contributed by atoms with E-state index in [4.69, 9.17) is 5.73 Å². The van der Waals surface area contributed by atoms with Crippen LogP contribution >= 0.6 is 0 Å². The monoisotopic (exact) mass is 304 g/mol. The molecule has 0 saturated heterocycles. The van der Waals surface area contributed by atoms with E-state index in [-0.39, 0.29) is 4.90 Å². The number of aryl methyl sites for hydroxylation is 1. The molecule has 0 radical (unpaired) electrons. The number of rotatable bonds is 5. The highest BCUT2D eigenvalue weighted by molar-refractivity contribution is 7.89. The predicted molar refractivity (Wildman–Crippen MR) is 85.3 cm³/mol. The molecule has 2 aromatic rings. The highest BCUT2D eigenvalue weighted by Gasteiger charge is 2.25. The Balaban J connectivity index is 2.38. The van der Waals surface area contributed by atoms with Crippen molar-refractivity contribution in [1.29, 1.82) is 0 Å². The van der Waals surface area contributed by atoms with E-state index < -0.39 is 10.0 Å². The largest absolute Gasteiger partial charge is 0.399 e. The van der Waals surface area contributed by atoms with E-state index in [9.17, 15) is 8.42 Å². The maximum Gasteiger partial charge on any atom is 0.243 e. The van der Waals surface area contributed by atoms with E-state index in [1.165, 1.54) is 10.4 Å². The van der Waals surface area contributed by atoms with Crippen molar-refractivity contribution >= 4 is 15.7 Å². The molecule has 4 nitrogen and oxygen atoms in total. The van der Waals surface area contributed by atoms with Crippen molar-refractivity contribution in [1.82, 2.24) is 4.31 Å². The van der Waals surface area contributed by atoms with Gasteiger partial charge in [0.05, 0.1) is 4.90 Å². The van der Waals surface area contributed by atoms with Crippen LogP contribution in [0.15, 0.2) is 53.4 Å². The zero-order chi connectivity index (χ0) is 15.5. The third-order valence-corrected chi connectivity index (χ3v) is 5.45. The second-order valence-corrected chi connectivity index (χ2v) is 6.85. The molecular formula is C16H20N2O2S.